The van der Waals surface area contributed by atoms with Crippen LogP contribution >= 0.6 is 24.0 Å². The molecule has 0 spiro atoms. The number of carbonyl (C=O) groups is 1. The highest BCUT2D eigenvalue weighted by molar-refractivity contribution is 6.32. The van der Waals surface area contributed by atoms with Gasteiger partial charge < -0.3 is 15.4 Å². The van der Waals surface area contributed by atoms with Crippen LogP contribution in [0.15, 0.2) is 18.2 Å². The molecule has 4 nitrogen and oxygen atoms in total. The molecule has 20 heavy (non-hydrogen) atoms. The van der Waals surface area contributed by atoms with Gasteiger partial charge in [0.2, 0.25) is 5.91 Å². The second-order valence-corrected chi connectivity index (χ2v) is 5.20. The van der Waals surface area contributed by atoms with Crippen LogP contribution in [0.4, 0.5) is 5.69 Å². The molecule has 0 aromatic heterocycles. The van der Waals surface area contributed by atoms with Crippen molar-refractivity contribution in [1.29, 1.82) is 0 Å². The Balaban J connectivity index is 0.00000200. The van der Waals surface area contributed by atoms with E-state index in [1.165, 1.54) is 6.42 Å². The quantitative estimate of drug-likeness (QED) is 0.877. The zero-order valence-electron chi connectivity index (χ0n) is 11.4. The molecular weight excluding hydrogens is 299 g/mol. The van der Waals surface area contributed by atoms with E-state index in [0.29, 0.717) is 23.1 Å². The van der Waals surface area contributed by atoms with E-state index in [4.69, 9.17) is 16.3 Å². The van der Waals surface area contributed by atoms with Gasteiger partial charge in [-0.15, -0.1) is 12.4 Å². The summed E-state index contributed by atoms with van der Waals surface area (Å²) in [6.07, 6.45) is 2.66. The molecule has 1 aromatic rings. The van der Waals surface area contributed by atoms with Crippen LogP contribution in [0.5, 0.6) is 5.75 Å². The van der Waals surface area contributed by atoms with Crippen molar-refractivity contribution >= 4 is 35.6 Å². The van der Waals surface area contributed by atoms with Crippen molar-refractivity contribution in [2.75, 3.05) is 25.5 Å². The standard InChI is InChI=1S/C14H19ClN2O2.ClH/c1-19-13-8-11(3-4-12(13)15)17-14(18)5-2-10-6-7-16-9-10;/h3-4,8,10,16H,2,5-7,9H2,1H3,(H,17,18);1H. The number of benzene rings is 1. The van der Waals surface area contributed by atoms with Gasteiger partial charge in [-0.1, -0.05) is 11.6 Å². The summed E-state index contributed by atoms with van der Waals surface area (Å²) >= 11 is 5.94. The average molecular weight is 319 g/mol. The predicted molar refractivity (Wildman–Crippen MR) is 84.1 cm³/mol. The highest BCUT2D eigenvalue weighted by Gasteiger charge is 2.15. The van der Waals surface area contributed by atoms with Gasteiger partial charge in [0.1, 0.15) is 5.75 Å². The summed E-state index contributed by atoms with van der Waals surface area (Å²) in [5.74, 6) is 1.24. The second kappa shape index (κ2) is 8.35. The van der Waals surface area contributed by atoms with Gasteiger partial charge in [-0.3, -0.25) is 4.79 Å². The van der Waals surface area contributed by atoms with Gasteiger partial charge in [-0.05, 0) is 44.0 Å². The van der Waals surface area contributed by atoms with E-state index < -0.39 is 0 Å². The van der Waals surface area contributed by atoms with Gasteiger partial charge in [0.05, 0.1) is 12.1 Å². The monoisotopic (exact) mass is 318 g/mol. The van der Waals surface area contributed by atoms with E-state index in [-0.39, 0.29) is 18.3 Å². The molecule has 1 heterocycles. The fraction of sp³-hybridized carbons (Fsp3) is 0.500. The third-order valence-corrected chi connectivity index (χ3v) is 3.69. The van der Waals surface area contributed by atoms with E-state index in [2.05, 4.69) is 10.6 Å². The van der Waals surface area contributed by atoms with Crippen LogP contribution < -0.4 is 15.4 Å². The largest absolute Gasteiger partial charge is 0.495 e. The number of anilines is 1. The third kappa shape index (κ3) is 4.85. The molecule has 0 bridgehead atoms. The first kappa shape index (κ1) is 17.1. The number of ether oxygens (including phenoxy) is 1. The van der Waals surface area contributed by atoms with Crippen LogP contribution in [0, 0.1) is 5.92 Å². The number of hydrogen-bond donors (Lipinski definition) is 2. The Morgan fingerprint density at radius 3 is 3.00 bits per heavy atom. The van der Waals surface area contributed by atoms with Crippen molar-refractivity contribution in [3.05, 3.63) is 23.2 Å². The molecule has 1 aromatic carbocycles. The van der Waals surface area contributed by atoms with Crippen molar-refractivity contribution in [2.24, 2.45) is 5.92 Å². The molecule has 2 rings (SSSR count). The Hall–Kier alpha value is -0.970. The van der Waals surface area contributed by atoms with Crippen LogP contribution in [0.1, 0.15) is 19.3 Å². The molecule has 1 fully saturated rings. The number of rotatable bonds is 5. The fourth-order valence-corrected chi connectivity index (χ4v) is 2.45. The van der Waals surface area contributed by atoms with Gasteiger partial charge in [-0.2, -0.15) is 0 Å². The number of nitrogens with one attached hydrogen (secondary N) is 2. The Morgan fingerprint density at radius 1 is 1.55 bits per heavy atom. The van der Waals surface area contributed by atoms with E-state index in [1.54, 1.807) is 25.3 Å². The summed E-state index contributed by atoms with van der Waals surface area (Å²) in [6.45, 7) is 2.10. The summed E-state index contributed by atoms with van der Waals surface area (Å²) in [7, 11) is 1.56. The van der Waals surface area contributed by atoms with Crippen LogP contribution in [-0.4, -0.2) is 26.1 Å². The maximum absolute atomic E-state index is 11.8. The molecule has 1 atom stereocenters. The lowest BCUT2D eigenvalue weighted by molar-refractivity contribution is -0.116. The maximum Gasteiger partial charge on any atom is 0.224 e. The molecule has 2 N–H and O–H groups in total. The SMILES string of the molecule is COc1cc(NC(=O)CCC2CCNC2)ccc1Cl.Cl. The topological polar surface area (TPSA) is 50.4 Å². The molecule has 0 aliphatic carbocycles. The highest BCUT2D eigenvalue weighted by Crippen LogP contribution is 2.27. The second-order valence-electron chi connectivity index (χ2n) is 4.80. The zero-order chi connectivity index (χ0) is 13.7. The molecule has 1 unspecified atom stereocenters. The zero-order valence-corrected chi connectivity index (χ0v) is 13.0. The van der Waals surface area contributed by atoms with Gasteiger partial charge in [0.15, 0.2) is 0 Å². The Morgan fingerprint density at radius 2 is 2.35 bits per heavy atom. The lowest BCUT2D eigenvalue weighted by atomic mass is 10.0. The number of carbonyl (C=O) groups excluding carboxylic acids is 1. The van der Waals surface area contributed by atoms with Gasteiger partial charge >= 0.3 is 0 Å². The maximum atomic E-state index is 11.8. The normalized spacial score (nSPS) is 17.4. The van der Waals surface area contributed by atoms with Gasteiger partial charge in [0.25, 0.3) is 0 Å². The van der Waals surface area contributed by atoms with E-state index in [0.717, 1.165) is 25.2 Å². The van der Waals surface area contributed by atoms with Crippen molar-refractivity contribution < 1.29 is 9.53 Å². The summed E-state index contributed by atoms with van der Waals surface area (Å²) in [6, 6.07) is 5.23. The van der Waals surface area contributed by atoms with Crippen LogP contribution in [-0.2, 0) is 4.79 Å². The summed E-state index contributed by atoms with van der Waals surface area (Å²) in [5, 5.41) is 6.71. The molecule has 1 aliphatic rings. The Kier molecular flexibility index (Phi) is 7.13. The smallest absolute Gasteiger partial charge is 0.224 e. The number of methoxy groups -OCH3 is 1. The minimum absolute atomic E-state index is 0. The van der Waals surface area contributed by atoms with Crippen molar-refractivity contribution in [1.82, 2.24) is 5.32 Å². The Bertz CT molecular complexity index is 449. The van der Waals surface area contributed by atoms with Crippen LogP contribution in [0.3, 0.4) is 0 Å². The third-order valence-electron chi connectivity index (χ3n) is 3.38. The minimum Gasteiger partial charge on any atom is -0.495 e. The first-order chi connectivity index (χ1) is 9.19. The highest BCUT2D eigenvalue weighted by atomic mass is 35.5. The molecule has 112 valence electrons. The molecule has 0 saturated carbocycles. The van der Waals surface area contributed by atoms with E-state index in [9.17, 15) is 4.79 Å². The first-order valence-electron chi connectivity index (χ1n) is 6.53. The molecule has 6 heteroatoms. The minimum atomic E-state index is 0. The molecule has 0 radical (unpaired) electrons. The van der Waals surface area contributed by atoms with E-state index in [1.807, 2.05) is 0 Å². The predicted octanol–water partition coefficient (Wildman–Crippen LogP) is 3.10. The fourth-order valence-electron chi connectivity index (χ4n) is 2.26. The van der Waals surface area contributed by atoms with E-state index >= 15 is 0 Å². The molecular formula is C14H20Cl2N2O2. The lowest BCUT2D eigenvalue weighted by Crippen LogP contribution is -2.15. The van der Waals surface area contributed by atoms with Crippen LogP contribution in [0.2, 0.25) is 5.02 Å². The van der Waals surface area contributed by atoms with Crippen molar-refractivity contribution in [2.45, 2.75) is 19.3 Å². The van der Waals surface area contributed by atoms with Gasteiger partial charge in [0, 0.05) is 18.2 Å². The molecule has 1 aliphatic heterocycles. The average Bonchev–Trinajstić information content (AvgIpc) is 2.92. The number of amides is 1. The number of halogens is 2. The first-order valence-corrected chi connectivity index (χ1v) is 6.91. The number of hydrogen-bond acceptors (Lipinski definition) is 3. The summed E-state index contributed by atoms with van der Waals surface area (Å²) in [5.41, 5.74) is 0.718. The lowest BCUT2D eigenvalue weighted by Gasteiger charge is -2.10. The van der Waals surface area contributed by atoms with Crippen molar-refractivity contribution in [3.8, 4) is 5.75 Å². The summed E-state index contributed by atoms with van der Waals surface area (Å²) < 4.78 is 5.12. The summed E-state index contributed by atoms with van der Waals surface area (Å²) in [4.78, 5) is 11.8. The van der Waals surface area contributed by atoms with Gasteiger partial charge in [-0.25, -0.2) is 0 Å². The van der Waals surface area contributed by atoms with Crippen LogP contribution in [0.25, 0.3) is 0 Å². The molecule has 1 amide bonds. The molecule has 1 saturated heterocycles. The van der Waals surface area contributed by atoms with Crippen molar-refractivity contribution in [3.63, 3.8) is 0 Å². The Labute approximate surface area is 130 Å².